The van der Waals surface area contributed by atoms with Crippen molar-refractivity contribution in [3.63, 3.8) is 0 Å². The summed E-state index contributed by atoms with van der Waals surface area (Å²) in [5, 5.41) is 0.146. The first-order valence-electron chi connectivity index (χ1n) is 8.75. The topological polar surface area (TPSA) is 12.0 Å². The Morgan fingerprint density at radius 2 is 0.895 bits per heavy atom. The second-order valence-electron chi connectivity index (χ2n) is 6.74. The zero-order valence-corrected chi connectivity index (χ0v) is 17.1. The summed E-state index contributed by atoms with van der Waals surface area (Å²) in [4.78, 5) is 0. The standard InChI is InChI=1S/C18H6F19N/c19-9(8(12(21)22)14(23,24)25)7(10(20)11(15(26,27)28)16(29,30)31)13(17(32,33)34,18(35,36)37)38-6-4-2-1-3-5-6/h1-5,38H/b9-7-. The van der Waals surface area contributed by atoms with E-state index in [2.05, 4.69) is 0 Å². The molecule has 0 saturated heterocycles. The van der Waals surface area contributed by atoms with E-state index in [-0.39, 0.29) is 17.4 Å². The molecule has 0 spiro atoms. The van der Waals surface area contributed by atoms with Gasteiger partial charge in [-0.25, -0.2) is 8.78 Å². The van der Waals surface area contributed by atoms with E-state index in [4.69, 9.17) is 0 Å². The molecule has 0 saturated carbocycles. The van der Waals surface area contributed by atoms with Gasteiger partial charge in [-0.2, -0.15) is 74.6 Å². The molecule has 0 aliphatic rings. The Morgan fingerprint density at radius 3 is 1.18 bits per heavy atom. The lowest BCUT2D eigenvalue weighted by atomic mass is 9.82. The monoisotopic (exact) mass is 597 g/mol. The zero-order chi connectivity index (χ0) is 30.3. The summed E-state index contributed by atoms with van der Waals surface area (Å²) in [5.74, 6) is -9.75. The van der Waals surface area contributed by atoms with E-state index in [1.807, 2.05) is 0 Å². The van der Waals surface area contributed by atoms with Gasteiger partial charge in [0.05, 0.1) is 5.57 Å². The quantitative estimate of drug-likeness (QED) is 0.264. The van der Waals surface area contributed by atoms with Crippen LogP contribution in [0, 0.1) is 0 Å². The van der Waals surface area contributed by atoms with Gasteiger partial charge in [-0.1, -0.05) is 18.2 Å². The first-order valence-corrected chi connectivity index (χ1v) is 8.75. The Morgan fingerprint density at radius 1 is 0.500 bits per heavy atom. The van der Waals surface area contributed by atoms with Gasteiger partial charge in [0.15, 0.2) is 11.1 Å². The summed E-state index contributed by atoms with van der Waals surface area (Å²) in [6.07, 6.45) is -41.5. The molecule has 1 rings (SSSR count). The fourth-order valence-corrected chi connectivity index (χ4v) is 2.79. The van der Waals surface area contributed by atoms with Crippen molar-refractivity contribution in [3.8, 4) is 0 Å². The van der Waals surface area contributed by atoms with Crippen LogP contribution in [-0.2, 0) is 0 Å². The molecule has 0 fully saturated rings. The van der Waals surface area contributed by atoms with Gasteiger partial charge in [-0.05, 0) is 12.1 Å². The van der Waals surface area contributed by atoms with Gasteiger partial charge in [0.25, 0.3) is 11.6 Å². The predicted molar refractivity (Wildman–Crippen MR) is 88.6 cm³/mol. The highest BCUT2D eigenvalue weighted by atomic mass is 19.4. The van der Waals surface area contributed by atoms with Crippen LogP contribution in [0.2, 0.25) is 0 Å². The summed E-state index contributed by atoms with van der Waals surface area (Å²) in [6.45, 7) is 0. The molecule has 216 valence electrons. The maximum atomic E-state index is 14.7. The SMILES string of the molecule is FC(F)=C(/C(F)=C(\C(F)=C(C(F)(F)F)C(F)(F)F)C(Nc1ccccc1)(C(F)(F)F)C(F)(F)F)C(F)(F)F. The van der Waals surface area contributed by atoms with Gasteiger partial charge >= 0.3 is 30.9 Å². The third-order valence-electron chi connectivity index (χ3n) is 4.25. The lowest BCUT2D eigenvalue weighted by molar-refractivity contribution is -0.276. The molecular formula is C18H6F19N. The molecule has 1 aromatic rings. The van der Waals surface area contributed by atoms with Crippen LogP contribution in [0.15, 0.2) is 64.8 Å². The van der Waals surface area contributed by atoms with Gasteiger partial charge in [0.2, 0.25) is 0 Å². The van der Waals surface area contributed by atoms with Gasteiger partial charge < -0.3 is 5.32 Å². The van der Waals surface area contributed by atoms with Gasteiger partial charge in [-0.3, -0.25) is 0 Å². The molecule has 0 amide bonds. The molecule has 0 radical (unpaired) electrons. The number of allylic oxidation sites excluding steroid dienone is 3. The third kappa shape index (κ3) is 6.48. The zero-order valence-electron chi connectivity index (χ0n) is 17.1. The summed E-state index contributed by atoms with van der Waals surface area (Å²) >= 11 is 0. The number of nitrogens with one attached hydrogen (secondary N) is 1. The van der Waals surface area contributed by atoms with Crippen LogP contribution < -0.4 is 5.32 Å². The summed E-state index contributed by atoms with van der Waals surface area (Å²) in [7, 11) is 0. The van der Waals surface area contributed by atoms with Crippen LogP contribution in [0.4, 0.5) is 89.1 Å². The minimum absolute atomic E-state index is 0.146. The van der Waals surface area contributed by atoms with Crippen molar-refractivity contribution in [2.45, 2.75) is 36.4 Å². The summed E-state index contributed by atoms with van der Waals surface area (Å²) in [5.41, 5.74) is -22.9. The molecule has 1 nitrogen and oxygen atoms in total. The largest absolute Gasteiger partial charge is 0.424 e. The fourth-order valence-electron chi connectivity index (χ4n) is 2.79. The molecular weight excluding hydrogens is 591 g/mol. The number of alkyl halides is 15. The van der Waals surface area contributed by atoms with Crippen molar-refractivity contribution < 1.29 is 83.4 Å². The van der Waals surface area contributed by atoms with E-state index >= 15 is 0 Å². The molecule has 0 aliphatic heterocycles. The molecule has 20 heteroatoms. The van der Waals surface area contributed by atoms with Crippen molar-refractivity contribution >= 4 is 5.69 Å². The number of halogens is 19. The predicted octanol–water partition coefficient (Wildman–Crippen LogP) is 9.25. The van der Waals surface area contributed by atoms with E-state index in [1.54, 1.807) is 0 Å². The first-order chi connectivity index (χ1) is 16.7. The van der Waals surface area contributed by atoms with Gasteiger partial charge in [0.1, 0.15) is 11.7 Å². The van der Waals surface area contributed by atoms with Crippen LogP contribution in [0.1, 0.15) is 0 Å². The number of benzene rings is 1. The Kier molecular flexibility index (Phi) is 8.87. The fraction of sp³-hybridized carbons (Fsp3) is 0.333. The maximum Gasteiger partial charge on any atom is 0.424 e. The minimum Gasteiger partial charge on any atom is -0.360 e. The molecule has 38 heavy (non-hydrogen) atoms. The highest BCUT2D eigenvalue weighted by Gasteiger charge is 2.76. The van der Waals surface area contributed by atoms with Crippen molar-refractivity contribution in [3.05, 3.63) is 64.8 Å². The highest BCUT2D eigenvalue weighted by Crippen LogP contribution is 2.56. The van der Waals surface area contributed by atoms with Gasteiger partial charge in [-0.15, -0.1) is 0 Å². The van der Waals surface area contributed by atoms with E-state index in [0.717, 1.165) is 6.07 Å². The Balaban J connectivity index is 4.74. The Labute approximate surface area is 196 Å². The molecule has 0 atom stereocenters. The van der Waals surface area contributed by atoms with E-state index in [1.165, 1.54) is 0 Å². The first kappa shape index (κ1) is 32.9. The van der Waals surface area contributed by atoms with Crippen LogP contribution in [-0.4, -0.2) is 36.4 Å². The van der Waals surface area contributed by atoms with Crippen LogP contribution in [0.3, 0.4) is 0 Å². The van der Waals surface area contributed by atoms with Crippen LogP contribution >= 0.6 is 0 Å². The molecule has 0 heterocycles. The lowest BCUT2D eigenvalue weighted by Crippen LogP contribution is -2.64. The van der Waals surface area contributed by atoms with Crippen LogP contribution in [0.25, 0.3) is 0 Å². The molecule has 0 bridgehead atoms. The number of rotatable bonds is 5. The van der Waals surface area contributed by atoms with E-state index < -0.39 is 76.6 Å². The summed E-state index contributed by atoms with van der Waals surface area (Å²) in [6, 6.07) is 2.29. The van der Waals surface area contributed by atoms with Gasteiger partial charge in [0, 0.05) is 5.69 Å². The maximum absolute atomic E-state index is 14.7. The summed E-state index contributed by atoms with van der Waals surface area (Å²) < 4.78 is 255. The average Bonchev–Trinajstić information content (AvgIpc) is 2.62. The van der Waals surface area contributed by atoms with Crippen LogP contribution in [0.5, 0.6) is 0 Å². The van der Waals surface area contributed by atoms with Crippen molar-refractivity contribution in [1.29, 1.82) is 0 Å². The van der Waals surface area contributed by atoms with E-state index in [0.29, 0.717) is 12.1 Å². The number of hydrogen-bond donors (Lipinski definition) is 1. The van der Waals surface area contributed by atoms with Crippen molar-refractivity contribution in [2.75, 3.05) is 5.32 Å². The molecule has 0 aliphatic carbocycles. The van der Waals surface area contributed by atoms with Crippen molar-refractivity contribution in [2.24, 2.45) is 0 Å². The minimum atomic E-state index is -7.56. The Hall–Kier alpha value is -3.09. The molecule has 1 aromatic carbocycles. The average molecular weight is 597 g/mol. The van der Waals surface area contributed by atoms with E-state index in [9.17, 15) is 83.4 Å². The second-order valence-corrected chi connectivity index (χ2v) is 6.74. The highest BCUT2D eigenvalue weighted by molar-refractivity contribution is 5.59. The lowest BCUT2D eigenvalue weighted by Gasteiger charge is -2.40. The normalized spacial score (nSPS) is 14.6. The second kappa shape index (κ2) is 10.2. The third-order valence-corrected chi connectivity index (χ3v) is 4.25. The molecule has 0 unspecified atom stereocenters. The molecule has 1 N–H and O–H groups in total. The molecule has 0 aromatic heterocycles. The number of para-hydroxylation sites is 1. The smallest absolute Gasteiger partial charge is 0.360 e. The van der Waals surface area contributed by atoms with Crippen molar-refractivity contribution in [1.82, 2.24) is 0 Å². The number of anilines is 1. The number of hydrogen-bond acceptors (Lipinski definition) is 1. The Bertz CT molecular complexity index is 1060.